The number of benzene rings is 3. The highest BCUT2D eigenvalue weighted by atomic mass is 16.1. The summed E-state index contributed by atoms with van der Waals surface area (Å²) in [6, 6.07) is 27.9. The van der Waals surface area contributed by atoms with Gasteiger partial charge in [-0.2, -0.15) is 10.2 Å². The van der Waals surface area contributed by atoms with Crippen LogP contribution in [-0.2, 0) is 13.1 Å². The maximum atomic E-state index is 13.2. The molecule has 0 fully saturated rings. The first-order chi connectivity index (χ1) is 17.1. The SMILES string of the molecule is Cc1nn(-c2ccccc2)c(C)c1CNC(=O)c1ccccc1-c1ccc(Cn2cccn2)cc1. The van der Waals surface area contributed by atoms with E-state index >= 15 is 0 Å². The predicted molar refractivity (Wildman–Crippen MR) is 137 cm³/mol. The first-order valence-corrected chi connectivity index (χ1v) is 11.6. The highest BCUT2D eigenvalue weighted by molar-refractivity contribution is 6.00. The zero-order chi connectivity index (χ0) is 24.2. The molecule has 6 heteroatoms. The van der Waals surface area contributed by atoms with E-state index in [0.29, 0.717) is 18.7 Å². The lowest BCUT2D eigenvalue weighted by molar-refractivity contribution is 0.0951. The molecule has 0 radical (unpaired) electrons. The van der Waals surface area contributed by atoms with E-state index in [1.54, 1.807) is 6.20 Å². The maximum absolute atomic E-state index is 13.2. The van der Waals surface area contributed by atoms with E-state index in [2.05, 4.69) is 34.7 Å². The molecule has 0 saturated carbocycles. The van der Waals surface area contributed by atoms with E-state index in [-0.39, 0.29) is 5.91 Å². The Morgan fingerprint density at radius 3 is 2.37 bits per heavy atom. The standard InChI is InChI=1S/C29H27N5O/c1-21-28(22(2)34(32-21)25-9-4-3-5-10-25)19-30-29(35)27-12-7-6-11-26(27)24-15-13-23(14-16-24)20-33-18-8-17-31-33/h3-18H,19-20H2,1-2H3,(H,30,35). The quantitative estimate of drug-likeness (QED) is 0.356. The number of carbonyl (C=O) groups excluding carboxylic acids is 1. The molecule has 0 aliphatic heterocycles. The average molecular weight is 462 g/mol. The van der Waals surface area contributed by atoms with Gasteiger partial charge in [0.25, 0.3) is 5.91 Å². The summed E-state index contributed by atoms with van der Waals surface area (Å²) >= 11 is 0. The van der Waals surface area contributed by atoms with Crippen LogP contribution in [0, 0.1) is 13.8 Å². The van der Waals surface area contributed by atoms with Crippen LogP contribution in [0.1, 0.15) is 32.9 Å². The van der Waals surface area contributed by atoms with Crippen molar-refractivity contribution in [1.29, 1.82) is 0 Å². The number of aromatic nitrogens is 4. The molecule has 35 heavy (non-hydrogen) atoms. The average Bonchev–Trinajstić information content (AvgIpc) is 3.51. The lowest BCUT2D eigenvalue weighted by Crippen LogP contribution is -2.24. The second-order valence-corrected chi connectivity index (χ2v) is 8.53. The van der Waals surface area contributed by atoms with E-state index in [9.17, 15) is 4.79 Å². The van der Waals surface area contributed by atoms with Gasteiger partial charge in [-0.15, -0.1) is 0 Å². The van der Waals surface area contributed by atoms with Crippen LogP contribution in [0.4, 0.5) is 0 Å². The van der Waals surface area contributed by atoms with Gasteiger partial charge in [-0.1, -0.05) is 60.7 Å². The number of aryl methyl sites for hydroxylation is 1. The normalized spacial score (nSPS) is 10.9. The van der Waals surface area contributed by atoms with E-state index < -0.39 is 0 Å². The fourth-order valence-electron chi connectivity index (χ4n) is 4.32. The molecule has 6 nitrogen and oxygen atoms in total. The highest BCUT2D eigenvalue weighted by Crippen LogP contribution is 2.25. The van der Waals surface area contributed by atoms with Gasteiger partial charge in [0, 0.05) is 35.8 Å². The molecule has 0 spiro atoms. The Morgan fingerprint density at radius 2 is 1.63 bits per heavy atom. The summed E-state index contributed by atoms with van der Waals surface area (Å²) < 4.78 is 3.82. The minimum absolute atomic E-state index is 0.104. The van der Waals surface area contributed by atoms with Crippen LogP contribution in [0.25, 0.3) is 16.8 Å². The summed E-state index contributed by atoms with van der Waals surface area (Å²) in [5.41, 5.74) is 7.68. The number of amides is 1. The van der Waals surface area contributed by atoms with Crippen LogP contribution >= 0.6 is 0 Å². The molecule has 5 aromatic rings. The van der Waals surface area contributed by atoms with Gasteiger partial charge >= 0.3 is 0 Å². The van der Waals surface area contributed by atoms with Crippen molar-refractivity contribution in [2.24, 2.45) is 0 Å². The Balaban J connectivity index is 1.33. The number of nitrogens with one attached hydrogen (secondary N) is 1. The van der Waals surface area contributed by atoms with Gasteiger partial charge in [0.05, 0.1) is 17.9 Å². The smallest absolute Gasteiger partial charge is 0.252 e. The molecule has 1 amide bonds. The molecule has 2 heterocycles. The first-order valence-electron chi connectivity index (χ1n) is 11.6. The predicted octanol–water partition coefficient (Wildman–Crippen LogP) is 5.33. The maximum Gasteiger partial charge on any atom is 0.252 e. The first kappa shape index (κ1) is 22.3. The molecule has 1 N–H and O–H groups in total. The number of hydrogen-bond acceptors (Lipinski definition) is 3. The Hall–Kier alpha value is -4.45. The van der Waals surface area contributed by atoms with Crippen LogP contribution in [0.2, 0.25) is 0 Å². The van der Waals surface area contributed by atoms with Crippen molar-refractivity contribution in [2.75, 3.05) is 0 Å². The van der Waals surface area contributed by atoms with Crippen LogP contribution < -0.4 is 5.32 Å². The molecule has 0 unspecified atom stereocenters. The topological polar surface area (TPSA) is 64.7 Å². The molecule has 0 atom stereocenters. The Morgan fingerprint density at radius 1 is 0.886 bits per heavy atom. The number of rotatable bonds is 7. The van der Waals surface area contributed by atoms with E-state index in [0.717, 1.165) is 39.3 Å². The van der Waals surface area contributed by atoms with Gasteiger partial charge in [0.1, 0.15) is 0 Å². The molecule has 2 aromatic heterocycles. The monoisotopic (exact) mass is 461 g/mol. The lowest BCUT2D eigenvalue weighted by atomic mass is 9.98. The zero-order valence-electron chi connectivity index (χ0n) is 19.8. The zero-order valence-corrected chi connectivity index (χ0v) is 19.8. The van der Waals surface area contributed by atoms with E-state index in [1.165, 1.54) is 0 Å². The Kier molecular flexibility index (Phi) is 6.26. The molecular weight excluding hydrogens is 434 g/mol. The summed E-state index contributed by atoms with van der Waals surface area (Å²) in [6.45, 7) is 5.14. The highest BCUT2D eigenvalue weighted by Gasteiger charge is 2.16. The van der Waals surface area contributed by atoms with Gasteiger partial charge in [0.15, 0.2) is 0 Å². The summed E-state index contributed by atoms with van der Waals surface area (Å²) in [4.78, 5) is 13.2. The van der Waals surface area contributed by atoms with Gasteiger partial charge < -0.3 is 5.32 Å². The Bertz CT molecular complexity index is 1430. The summed E-state index contributed by atoms with van der Waals surface area (Å²) in [5.74, 6) is -0.104. The largest absolute Gasteiger partial charge is 0.348 e. The fourth-order valence-corrected chi connectivity index (χ4v) is 4.32. The molecule has 0 aliphatic carbocycles. The number of nitrogens with zero attached hydrogens (tertiary/aromatic N) is 4. The van der Waals surface area contributed by atoms with Crippen molar-refractivity contribution in [3.63, 3.8) is 0 Å². The molecule has 0 saturated heterocycles. The van der Waals surface area contributed by atoms with Gasteiger partial charge in [-0.25, -0.2) is 4.68 Å². The van der Waals surface area contributed by atoms with Crippen LogP contribution in [0.3, 0.4) is 0 Å². The molecule has 5 rings (SSSR count). The number of hydrogen-bond donors (Lipinski definition) is 1. The van der Waals surface area contributed by atoms with Crippen molar-refractivity contribution >= 4 is 5.91 Å². The fraction of sp³-hybridized carbons (Fsp3) is 0.138. The van der Waals surface area contributed by atoms with Crippen LogP contribution in [0.5, 0.6) is 0 Å². The second-order valence-electron chi connectivity index (χ2n) is 8.53. The number of para-hydroxylation sites is 1. The van der Waals surface area contributed by atoms with Gasteiger partial charge in [0.2, 0.25) is 0 Å². The number of carbonyl (C=O) groups is 1. The van der Waals surface area contributed by atoms with Crippen molar-refractivity contribution < 1.29 is 4.79 Å². The molecule has 0 aliphatic rings. The van der Waals surface area contributed by atoms with Crippen molar-refractivity contribution in [2.45, 2.75) is 26.9 Å². The summed E-state index contributed by atoms with van der Waals surface area (Å²) in [6.07, 6.45) is 3.72. The van der Waals surface area contributed by atoms with E-state index in [1.807, 2.05) is 90.1 Å². The summed E-state index contributed by atoms with van der Waals surface area (Å²) in [7, 11) is 0. The van der Waals surface area contributed by atoms with Gasteiger partial charge in [-0.05, 0) is 54.8 Å². The lowest BCUT2D eigenvalue weighted by Gasteiger charge is -2.12. The molecule has 0 bridgehead atoms. The van der Waals surface area contributed by atoms with E-state index in [4.69, 9.17) is 5.10 Å². The van der Waals surface area contributed by atoms with Crippen LogP contribution in [-0.4, -0.2) is 25.5 Å². The minimum Gasteiger partial charge on any atom is -0.348 e. The third-order valence-corrected chi connectivity index (χ3v) is 6.21. The molecule has 3 aromatic carbocycles. The van der Waals surface area contributed by atoms with Gasteiger partial charge in [-0.3, -0.25) is 9.48 Å². The summed E-state index contributed by atoms with van der Waals surface area (Å²) in [5, 5.41) is 12.1. The molecular formula is C29H27N5O. The van der Waals surface area contributed by atoms with Crippen molar-refractivity contribution in [1.82, 2.24) is 24.9 Å². The second kappa shape index (κ2) is 9.81. The van der Waals surface area contributed by atoms with Crippen molar-refractivity contribution in [3.8, 4) is 16.8 Å². The third kappa shape index (κ3) is 4.77. The van der Waals surface area contributed by atoms with Crippen molar-refractivity contribution in [3.05, 3.63) is 125 Å². The molecule has 174 valence electrons. The Labute approximate surface area is 204 Å². The van der Waals surface area contributed by atoms with Crippen LogP contribution in [0.15, 0.2) is 97.3 Å². The third-order valence-electron chi connectivity index (χ3n) is 6.21. The minimum atomic E-state index is -0.104.